The number of methoxy groups -OCH3 is 1. The van der Waals surface area contributed by atoms with Gasteiger partial charge in [-0.15, -0.1) is 0 Å². The van der Waals surface area contributed by atoms with Gasteiger partial charge in [-0.05, 0) is 51.1 Å². The van der Waals surface area contributed by atoms with Crippen LogP contribution >= 0.6 is 0 Å². The summed E-state index contributed by atoms with van der Waals surface area (Å²) in [5, 5.41) is 14.2. The Bertz CT molecular complexity index is 752. The van der Waals surface area contributed by atoms with Crippen LogP contribution in [-0.4, -0.2) is 104 Å². The van der Waals surface area contributed by atoms with Gasteiger partial charge in [0.1, 0.15) is 6.61 Å². The summed E-state index contributed by atoms with van der Waals surface area (Å²) < 4.78 is 11.4. The lowest BCUT2D eigenvalue weighted by Crippen LogP contribution is -2.50. The number of nitrogens with one attached hydrogen (secondary N) is 1. The zero-order valence-electron chi connectivity index (χ0n) is 20.1. The van der Waals surface area contributed by atoms with E-state index in [0.717, 1.165) is 69.0 Å². The minimum absolute atomic E-state index is 0.0401. The lowest BCUT2D eigenvalue weighted by atomic mass is 9.99. The van der Waals surface area contributed by atoms with E-state index in [2.05, 4.69) is 26.1 Å². The van der Waals surface area contributed by atoms with Crippen molar-refractivity contribution < 1.29 is 19.4 Å². The number of ether oxygens (including phenoxy) is 2. The molecule has 1 aromatic carbocycles. The van der Waals surface area contributed by atoms with E-state index in [4.69, 9.17) is 9.47 Å². The van der Waals surface area contributed by atoms with E-state index in [-0.39, 0.29) is 11.9 Å². The molecule has 0 bridgehead atoms. The van der Waals surface area contributed by atoms with Gasteiger partial charge in [0.25, 0.3) is 0 Å². The van der Waals surface area contributed by atoms with Gasteiger partial charge in [0.2, 0.25) is 5.91 Å². The molecule has 0 aromatic heterocycles. The minimum Gasteiger partial charge on any atom is -0.493 e. The van der Waals surface area contributed by atoms with Gasteiger partial charge in [-0.1, -0.05) is 6.07 Å². The molecular formula is C24H40N4O4. The number of amides is 1. The van der Waals surface area contributed by atoms with Crippen molar-refractivity contribution in [3.05, 3.63) is 23.8 Å². The van der Waals surface area contributed by atoms with E-state index in [9.17, 15) is 9.90 Å². The first-order valence-corrected chi connectivity index (χ1v) is 11.6. The molecule has 32 heavy (non-hydrogen) atoms. The maximum Gasteiger partial charge on any atom is 0.217 e. The average molecular weight is 449 g/mol. The summed E-state index contributed by atoms with van der Waals surface area (Å²) in [5.41, 5.74) is 0.474. The van der Waals surface area contributed by atoms with E-state index in [1.807, 2.05) is 26.2 Å². The molecular weight excluding hydrogens is 408 g/mol. The van der Waals surface area contributed by atoms with Crippen LogP contribution in [0.2, 0.25) is 0 Å². The van der Waals surface area contributed by atoms with Crippen LogP contribution in [0.4, 0.5) is 0 Å². The molecule has 1 unspecified atom stereocenters. The molecule has 2 N–H and O–H groups in total. The number of carbonyl (C=O) groups excluding carboxylic acids is 1. The number of aliphatic hydroxyl groups is 1. The van der Waals surface area contributed by atoms with Crippen molar-refractivity contribution in [3.63, 3.8) is 0 Å². The fraction of sp³-hybridized carbons (Fsp3) is 0.708. The monoisotopic (exact) mass is 448 g/mol. The van der Waals surface area contributed by atoms with Crippen molar-refractivity contribution in [1.82, 2.24) is 20.0 Å². The smallest absolute Gasteiger partial charge is 0.217 e. The molecule has 1 aromatic rings. The average Bonchev–Trinajstić information content (AvgIpc) is 3.09. The summed E-state index contributed by atoms with van der Waals surface area (Å²) in [4.78, 5) is 18.0. The van der Waals surface area contributed by atoms with Crippen molar-refractivity contribution >= 4 is 5.91 Å². The van der Waals surface area contributed by atoms with Crippen molar-refractivity contribution in [2.75, 3.05) is 67.1 Å². The summed E-state index contributed by atoms with van der Waals surface area (Å²) in [6, 6.07) is 6.36. The second-order valence-corrected chi connectivity index (χ2v) is 9.57. The number of β-amino-alcohol motifs (C(OH)–C–C–N with tert-alkyl or cyclic N) is 1. The molecule has 2 fully saturated rings. The van der Waals surface area contributed by atoms with E-state index in [1.165, 1.54) is 0 Å². The Morgan fingerprint density at radius 3 is 2.62 bits per heavy atom. The van der Waals surface area contributed by atoms with Crippen LogP contribution < -0.4 is 14.8 Å². The number of hydrogen-bond acceptors (Lipinski definition) is 7. The van der Waals surface area contributed by atoms with Crippen LogP contribution in [0.15, 0.2) is 18.2 Å². The fourth-order valence-corrected chi connectivity index (χ4v) is 4.67. The number of benzene rings is 1. The Hall–Kier alpha value is -1.87. The molecule has 0 radical (unpaired) electrons. The molecule has 0 spiro atoms. The third-order valence-corrected chi connectivity index (χ3v) is 6.35. The third-order valence-electron chi connectivity index (χ3n) is 6.35. The summed E-state index contributed by atoms with van der Waals surface area (Å²) >= 11 is 0. The molecule has 180 valence electrons. The van der Waals surface area contributed by atoms with Gasteiger partial charge in [0.05, 0.1) is 12.7 Å². The van der Waals surface area contributed by atoms with Gasteiger partial charge in [0.15, 0.2) is 11.5 Å². The highest BCUT2D eigenvalue weighted by atomic mass is 16.5. The Labute approximate surface area is 192 Å². The molecule has 1 atom stereocenters. The second-order valence-electron chi connectivity index (χ2n) is 9.57. The van der Waals surface area contributed by atoms with E-state index in [0.29, 0.717) is 19.7 Å². The summed E-state index contributed by atoms with van der Waals surface area (Å²) in [5.74, 6) is 1.55. The molecule has 2 heterocycles. The van der Waals surface area contributed by atoms with Gasteiger partial charge in [-0.2, -0.15) is 0 Å². The fourth-order valence-electron chi connectivity index (χ4n) is 4.67. The molecule has 3 rings (SSSR count). The third kappa shape index (κ3) is 7.33. The van der Waals surface area contributed by atoms with Crippen molar-refractivity contribution in [3.8, 4) is 11.5 Å². The zero-order valence-corrected chi connectivity index (χ0v) is 20.1. The van der Waals surface area contributed by atoms with Gasteiger partial charge in [-0.25, -0.2) is 0 Å². The number of rotatable bonds is 10. The number of nitrogens with zero attached hydrogens (tertiary/aromatic N) is 3. The normalized spacial score (nSPS) is 22.9. The van der Waals surface area contributed by atoms with Crippen LogP contribution in [0.3, 0.4) is 0 Å². The second kappa shape index (κ2) is 11.3. The number of likely N-dealkylation sites (N-methyl/N-ethyl adjacent to an activating group) is 1. The molecule has 2 aliphatic heterocycles. The van der Waals surface area contributed by atoms with Gasteiger partial charge in [-0.3, -0.25) is 9.69 Å². The first kappa shape index (κ1) is 24.8. The van der Waals surface area contributed by atoms with Crippen LogP contribution in [0.5, 0.6) is 11.5 Å². The van der Waals surface area contributed by atoms with Crippen LogP contribution in [0.1, 0.15) is 31.7 Å². The molecule has 1 amide bonds. The minimum atomic E-state index is -0.680. The predicted molar refractivity (Wildman–Crippen MR) is 125 cm³/mol. The highest BCUT2D eigenvalue weighted by Crippen LogP contribution is 2.30. The van der Waals surface area contributed by atoms with E-state index >= 15 is 0 Å². The lowest BCUT2D eigenvalue weighted by Gasteiger charge is -2.36. The SMILES string of the molecule is COc1cc(CN2CCC(O)(CN3CCC(NC(C)=O)CC3)C2)ccc1OCCN(C)C. The van der Waals surface area contributed by atoms with Crippen molar-refractivity contribution in [1.29, 1.82) is 0 Å². The molecule has 8 nitrogen and oxygen atoms in total. The van der Waals surface area contributed by atoms with Crippen LogP contribution in [-0.2, 0) is 11.3 Å². The number of piperidine rings is 1. The quantitative estimate of drug-likeness (QED) is 0.556. The van der Waals surface area contributed by atoms with Gasteiger partial charge >= 0.3 is 0 Å². The summed E-state index contributed by atoms with van der Waals surface area (Å²) in [7, 11) is 5.71. The number of carbonyl (C=O) groups is 1. The molecule has 2 aliphatic rings. The Kier molecular flexibility index (Phi) is 8.76. The van der Waals surface area contributed by atoms with E-state index < -0.39 is 5.60 Å². The number of hydrogen-bond donors (Lipinski definition) is 2. The predicted octanol–water partition coefficient (Wildman–Crippen LogP) is 1.17. The van der Waals surface area contributed by atoms with E-state index in [1.54, 1.807) is 14.0 Å². The van der Waals surface area contributed by atoms with Gasteiger partial charge in [0, 0.05) is 58.8 Å². The lowest BCUT2D eigenvalue weighted by molar-refractivity contribution is -0.120. The van der Waals surface area contributed by atoms with Gasteiger partial charge < -0.3 is 29.7 Å². The highest BCUT2D eigenvalue weighted by molar-refractivity contribution is 5.73. The standard InChI is InChI=1S/C24H40N4O4/c1-19(29)25-21-7-10-27(11-8-21)17-24(30)9-12-28(18-24)16-20-5-6-22(23(15-20)31-4)32-14-13-26(2)3/h5-6,15,21,30H,7-14,16-18H2,1-4H3,(H,25,29). The largest absolute Gasteiger partial charge is 0.493 e. The summed E-state index contributed by atoms with van der Waals surface area (Å²) in [6.45, 7) is 7.89. The first-order valence-electron chi connectivity index (χ1n) is 11.6. The maximum atomic E-state index is 11.3. The molecule has 8 heteroatoms. The zero-order chi connectivity index (χ0) is 23.1. The summed E-state index contributed by atoms with van der Waals surface area (Å²) in [6.07, 6.45) is 2.67. The highest BCUT2D eigenvalue weighted by Gasteiger charge is 2.38. The Morgan fingerprint density at radius 1 is 1.22 bits per heavy atom. The topological polar surface area (TPSA) is 77.5 Å². The Morgan fingerprint density at radius 2 is 1.97 bits per heavy atom. The van der Waals surface area contributed by atoms with Crippen LogP contribution in [0, 0.1) is 0 Å². The van der Waals surface area contributed by atoms with Crippen LogP contribution in [0.25, 0.3) is 0 Å². The molecule has 2 saturated heterocycles. The first-order chi connectivity index (χ1) is 15.3. The molecule has 0 saturated carbocycles. The number of likely N-dealkylation sites (tertiary alicyclic amines) is 2. The van der Waals surface area contributed by atoms with Crippen molar-refractivity contribution in [2.24, 2.45) is 0 Å². The van der Waals surface area contributed by atoms with Crippen molar-refractivity contribution in [2.45, 2.75) is 44.4 Å². The Balaban J connectivity index is 1.48. The maximum absolute atomic E-state index is 11.3. The molecule has 0 aliphatic carbocycles.